The van der Waals surface area contributed by atoms with Crippen LogP contribution in [0.1, 0.15) is 0 Å². The molecule has 59 heavy (non-hydrogen) atoms. The fourth-order valence-electron chi connectivity index (χ4n) is 11.2. The van der Waals surface area contributed by atoms with Gasteiger partial charge in [-0.15, -0.1) is 0 Å². The summed E-state index contributed by atoms with van der Waals surface area (Å²) < 4.78 is 7.37. The SMILES string of the molecule is c1ccc(-n2c3ccccc3c3cc(-c4cc5ccccc5c5c6cc7ccccc7c7c8c9c%10cccc%11c%12ccccc%12n(c9cnc8n(c45)c67)c%11%10)ccc32)cc1. The average Bonchev–Trinajstić information content (AvgIpc) is 4.09. The van der Waals surface area contributed by atoms with Crippen LogP contribution in [0.15, 0.2) is 182 Å². The van der Waals surface area contributed by atoms with Gasteiger partial charge in [-0.3, -0.25) is 4.40 Å². The molecule has 0 aliphatic heterocycles. The van der Waals surface area contributed by atoms with Gasteiger partial charge in [-0.2, -0.15) is 0 Å². The van der Waals surface area contributed by atoms with Gasteiger partial charge in [0, 0.05) is 65.1 Å². The number of nitrogens with zero attached hydrogens (tertiary/aromatic N) is 4. The molecule has 0 N–H and O–H groups in total. The van der Waals surface area contributed by atoms with Crippen LogP contribution in [0.4, 0.5) is 0 Å². The number of pyridine rings is 1. The van der Waals surface area contributed by atoms with Crippen LogP contribution in [-0.4, -0.2) is 18.4 Å². The van der Waals surface area contributed by atoms with E-state index in [0.717, 1.165) is 16.9 Å². The zero-order valence-electron chi connectivity index (χ0n) is 31.6. The zero-order valence-corrected chi connectivity index (χ0v) is 31.6. The third kappa shape index (κ3) is 3.56. The van der Waals surface area contributed by atoms with Crippen molar-refractivity contribution in [2.75, 3.05) is 0 Å². The van der Waals surface area contributed by atoms with Crippen molar-refractivity contribution in [1.29, 1.82) is 0 Å². The Morgan fingerprint density at radius 1 is 0.339 bits per heavy atom. The fourth-order valence-corrected chi connectivity index (χ4v) is 11.2. The van der Waals surface area contributed by atoms with Crippen LogP contribution in [0, 0.1) is 0 Å². The van der Waals surface area contributed by atoms with E-state index in [0.29, 0.717) is 0 Å². The molecule has 0 spiro atoms. The van der Waals surface area contributed by atoms with Gasteiger partial charge in [0.15, 0.2) is 0 Å². The van der Waals surface area contributed by atoms with Crippen molar-refractivity contribution in [1.82, 2.24) is 18.4 Å². The molecule has 0 aliphatic rings. The number of aromatic nitrogens is 4. The molecule has 0 amide bonds. The monoisotopic (exact) mass is 746 g/mol. The second-order valence-corrected chi connectivity index (χ2v) is 16.3. The lowest BCUT2D eigenvalue weighted by Gasteiger charge is -2.11. The van der Waals surface area contributed by atoms with E-state index >= 15 is 0 Å². The second-order valence-electron chi connectivity index (χ2n) is 16.3. The summed E-state index contributed by atoms with van der Waals surface area (Å²) in [5.41, 5.74) is 13.0. The molecule has 0 atom stereocenters. The van der Waals surface area contributed by atoms with Crippen molar-refractivity contribution >= 4 is 120 Å². The van der Waals surface area contributed by atoms with Gasteiger partial charge in [0.25, 0.3) is 0 Å². The van der Waals surface area contributed by atoms with Crippen LogP contribution in [0.3, 0.4) is 0 Å². The molecule has 6 aromatic heterocycles. The first-order valence-electron chi connectivity index (χ1n) is 20.4. The van der Waals surface area contributed by atoms with E-state index in [-0.39, 0.29) is 0 Å². The fraction of sp³-hybridized carbons (Fsp3) is 0. The van der Waals surface area contributed by atoms with Gasteiger partial charge in [0.05, 0.1) is 44.8 Å². The molecule has 0 unspecified atom stereocenters. The minimum absolute atomic E-state index is 1.00. The number of rotatable bonds is 2. The molecule has 4 heteroatoms. The summed E-state index contributed by atoms with van der Waals surface area (Å²) in [5, 5.41) is 17.6. The highest BCUT2D eigenvalue weighted by Gasteiger charge is 2.28. The van der Waals surface area contributed by atoms with E-state index in [2.05, 4.69) is 195 Å². The first kappa shape index (κ1) is 30.2. The molecule has 6 heterocycles. The van der Waals surface area contributed by atoms with Gasteiger partial charge >= 0.3 is 0 Å². The van der Waals surface area contributed by atoms with Crippen molar-refractivity contribution in [2.24, 2.45) is 0 Å². The number of hydrogen-bond donors (Lipinski definition) is 0. The van der Waals surface area contributed by atoms with E-state index < -0.39 is 0 Å². The van der Waals surface area contributed by atoms with E-state index in [1.54, 1.807) is 0 Å². The Kier molecular flexibility index (Phi) is 5.38. The minimum Gasteiger partial charge on any atom is -0.309 e. The van der Waals surface area contributed by atoms with Crippen LogP contribution in [0.25, 0.3) is 136 Å². The van der Waals surface area contributed by atoms with Gasteiger partial charge in [0.1, 0.15) is 5.65 Å². The summed E-state index contributed by atoms with van der Waals surface area (Å²) in [6.45, 7) is 0. The van der Waals surface area contributed by atoms with Crippen molar-refractivity contribution < 1.29 is 0 Å². The Hall–Kier alpha value is -7.95. The van der Waals surface area contributed by atoms with Crippen molar-refractivity contribution in [3.05, 3.63) is 182 Å². The summed E-state index contributed by atoms with van der Waals surface area (Å²) in [6, 6.07) is 64.9. The lowest BCUT2D eigenvalue weighted by molar-refractivity contribution is 1.18. The van der Waals surface area contributed by atoms with E-state index in [4.69, 9.17) is 4.98 Å². The Labute approximate surface area is 335 Å². The van der Waals surface area contributed by atoms with Crippen LogP contribution < -0.4 is 0 Å². The molecule has 0 aliphatic carbocycles. The number of hydrogen-bond acceptors (Lipinski definition) is 1. The number of benzene rings is 9. The van der Waals surface area contributed by atoms with Gasteiger partial charge in [-0.25, -0.2) is 4.98 Å². The molecule has 15 aromatic rings. The molecule has 0 radical (unpaired) electrons. The molecule has 0 bridgehead atoms. The maximum Gasteiger partial charge on any atom is 0.146 e. The van der Waals surface area contributed by atoms with Gasteiger partial charge in [-0.05, 0) is 75.6 Å². The maximum absolute atomic E-state index is 5.54. The van der Waals surface area contributed by atoms with Crippen molar-refractivity contribution in [3.8, 4) is 16.8 Å². The molecule has 4 nitrogen and oxygen atoms in total. The van der Waals surface area contributed by atoms with Crippen LogP contribution in [0.5, 0.6) is 0 Å². The average molecular weight is 747 g/mol. The maximum atomic E-state index is 5.54. The third-order valence-corrected chi connectivity index (χ3v) is 13.5. The summed E-state index contributed by atoms with van der Waals surface area (Å²) in [4.78, 5) is 5.54. The lowest BCUT2D eigenvalue weighted by atomic mass is 9.93. The molecular formula is C55H30N4. The minimum atomic E-state index is 1.00. The highest BCUT2D eigenvalue weighted by molar-refractivity contribution is 6.41. The summed E-state index contributed by atoms with van der Waals surface area (Å²) in [5.74, 6) is 0. The second kappa shape index (κ2) is 10.5. The Morgan fingerprint density at radius 2 is 0.983 bits per heavy atom. The highest BCUT2D eigenvalue weighted by atomic mass is 15.0. The van der Waals surface area contributed by atoms with Crippen molar-refractivity contribution in [3.63, 3.8) is 0 Å². The standard InChI is InChI=1S/C55H30N4/c1-2-15-34(16-3-1)57-44-23-10-9-20-38(44)42-28-33(25-26-46(42)57)41-27-31-13-4-6-17-35(31)48-43-29-32-14-5-7-18-36(32)50-51-49-40-22-12-21-39-37-19-8-11-24-45(37)58(52(39)40)47(49)30-56-55(51)59(53(41)48)54(43)50/h1-30H. The smallest absolute Gasteiger partial charge is 0.146 e. The largest absolute Gasteiger partial charge is 0.309 e. The van der Waals surface area contributed by atoms with Gasteiger partial charge < -0.3 is 8.97 Å². The molecule has 0 saturated heterocycles. The third-order valence-electron chi connectivity index (χ3n) is 13.5. The Balaban J connectivity index is 1.16. The predicted molar refractivity (Wildman–Crippen MR) is 248 cm³/mol. The van der Waals surface area contributed by atoms with E-state index in [1.807, 2.05) is 0 Å². The summed E-state index contributed by atoms with van der Waals surface area (Å²) in [7, 11) is 0. The van der Waals surface area contributed by atoms with Gasteiger partial charge in [0.2, 0.25) is 0 Å². The lowest BCUT2D eigenvalue weighted by Crippen LogP contribution is -1.93. The van der Waals surface area contributed by atoms with Crippen LogP contribution >= 0.6 is 0 Å². The van der Waals surface area contributed by atoms with E-state index in [9.17, 15) is 0 Å². The Morgan fingerprint density at radius 3 is 1.81 bits per heavy atom. The first-order chi connectivity index (χ1) is 29.3. The quantitative estimate of drug-likeness (QED) is 0.173. The summed E-state index contributed by atoms with van der Waals surface area (Å²) >= 11 is 0. The molecule has 9 aromatic carbocycles. The number of para-hydroxylation sites is 4. The Bertz CT molecular complexity index is 4300. The highest BCUT2D eigenvalue weighted by Crippen LogP contribution is 2.51. The normalized spacial score (nSPS) is 12.7. The molecule has 0 saturated carbocycles. The zero-order chi connectivity index (χ0) is 38.1. The topological polar surface area (TPSA) is 26.6 Å². The molecule has 270 valence electrons. The molecule has 0 fully saturated rings. The van der Waals surface area contributed by atoms with Crippen LogP contribution in [0.2, 0.25) is 0 Å². The molecule has 15 rings (SSSR count). The first-order valence-corrected chi connectivity index (χ1v) is 20.4. The summed E-state index contributed by atoms with van der Waals surface area (Å²) in [6.07, 6.45) is 2.14. The van der Waals surface area contributed by atoms with Crippen molar-refractivity contribution in [2.45, 2.75) is 0 Å². The molecular weight excluding hydrogens is 717 g/mol. The van der Waals surface area contributed by atoms with E-state index in [1.165, 1.54) is 120 Å². The van der Waals surface area contributed by atoms with Crippen LogP contribution in [-0.2, 0) is 0 Å². The van der Waals surface area contributed by atoms with Gasteiger partial charge in [-0.1, -0.05) is 127 Å². The number of fused-ring (bicyclic) bond motifs is 20. The predicted octanol–water partition coefficient (Wildman–Crippen LogP) is 14.5.